The molecule has 1 aromatic heterocycles. The maximum Gasteiger partial charge on any atom is 0.0931 e. The molecule has 0 bridgehead atoms. The third-order valence-electron chi connectivity index (χ3n) is 3.37. The molecule has 1 saturated carbocycles. The number of thiophene rings is 1. The highest BCUT2D eigenvalue weighted by molar-refractivity contribution is 7.16. The summed E-state index contributed by atoms with van der Waals surface area (Å²) < 4.78 is 0.891. The molecule has 0 aliphatic heterocycles. The van der Waals surface area contributed by atoms with E-state index < -0.39 is 0 Å². The minimum atomic E-state index is 0.891. The summed E-state index contributed by atoms with van der Waals surface area (Å²) in [5.74, 6) is 1.03. The average molecular weight is 258 g/mol. The van der Waals surface area contributed by atoms with Gasteiger partial charge in [-0.2, -0.15) is 0 Å². The van der Waals surface area contributed by atoms with E-state index in [0.29, 0.717) is 0 Å². The second kappa shape index (κ2) is 6.63. The van der Waals surface area contributed by atoms with Gasteiger partial charge in [-0.15, -0.1) is 11.3 Å². The molecule has 1 aliphatic rings. The van der Waals surface area contributed by atoms with Gasteiger partial charge in [0.05, 0.1) is 4.34 Å². The van der Waals surface area contributed by atoms with E-state index in [4.69, 9.17) is 11.6 Å². The van der Waals surface area contributed by atoms with Crippen LogP contribution in [0.3, 0.4) is 0 Å². The van der Waals surface area contributed by atoms with Crippen LogP contribution in [0.5, 0.6) is 0 Å². The summed E-state index contributed by atoms with van der Waals surface area (Å²) in [5.41, 5.74) is 0. The summed E-state index contributed by atoms with van der Waals surface area (Å²) in [5, 5.41) is 3.49. The first-order valence-electron chi connectivity index (χ1n) is 6.29. The monoisotopic (exact) mass is 257 g/mol. The topological polar surface area (TPSA) is 12.0 Å². The summed E-state index contributed by atoms with van der Waals surface area (Å²) >= 11 is 7.55. The van der Waals surface area contributed by atoms with Crippen LogP contribution in [-0.2, 0) is 6.54 Å². The lowest BCUT2D eigenvalue weighted by Gasteiger charge is -2.08. The van der Waals surface area contributed by atoms with Crippen LogP contribution in [0.1, 0.15) is 43.4 Å². The fourth-order valence-electron chi connectivity index (χ4n) is 2.47. The fourth-order valence-corrected chi connectivity index (χ4v) is 3.53. The van der Waals surface area contributed by atoms with Crippen molar-refractivity contribution in [3.63, 3.8) is 0 Å². The third-order valence-corrected chi connectivity index (χ3v) is 4.60. The number of halogens is 1. The normalized spacial score (nSPS) is 17.1. The molecule has 2 rings (SSSR count). The molecule has 0 spiro atoms. The van der Waals surface area contributed by atoms with E-state index in [2.05, 4.69) is 11.4 Å². The Morgan fingerprint density at radius 2 is 2.12 bits per heavy atom. The Hall–Kier alpha value is -0.0500. The van der Waals surface area contributed by atoms with Gasteiger partial charge >= 0.3 is 0 Å². The fraction of sp³-hybridized carbons (Fsp3) is 0.692. The molecule has 16 heavy (non-hydrogen) atoms. The smallest absolute Gasteiger partial charge is 0.0931 e. The Balaban J connectivity index is 1.51. The van der Waals surface area contributed by atoms with Crippen LogP contribution in [-0.4, -0.2) is 6.54 Å². The molecule has 0 unspecified atom stereocenters. The van der Waals surface area contributed by atoms with Crippen molar-refractivity contribution in [3.05, 3.63) is 21.3 Å². The third kappa shape index (κ3) is 4.08. The van der Waals surface area contributed by atoms with Gasteiger partial charge < -0.3 is 5.32 Å². The van der Waals surface area contributed by atoms with Crippen molar-refractivity contribution in [3.8, 4) is 0 Å². The molecule has 1 N–H and O–H groups in total. The molecule has 1 heterocycles. The van der Waals surface area contributed by atoms with Crippen molar-refractivity contribution in [1.82, 2.24) is 5.32 Å². The maximum absolute atomic E-state index is 5.88. The first-order valence-corrected chi connectivity index (χ1v) is 7.49. The standard InChI is InChI=1S/C13H20ClNS/c14-13-8-7-12(16-13)10-15-9-3-6-11-4-1-2-5-11/h7-8,11,15H,1-6,9-10H2. The average Bonchev–Trinajstić information content (AvgIpc) is 2.89. The van der Waals surface area contributed by atoms with Gasteiger partial charge in [0.2, 0.25) is 0 Å². The van der Waals surface area contributed by atoms with Gasteiger partial charge in [-0.25, -0.2) is 0 Å². The van der Waals surface area contributed by atoms with Crippen molar-refractivity contribution in [1.29, 1.82) is 0 Å². The van der Waals surface area contributed by atoms with Crippen molar-refractivity contribution < 1.29 is 0 Å². The van der Waals surface area contributed by atoms with E-state index in [-0.39, 0.29) is 0 Å². The quantitative estimate of drug-likeness (QED) is 0.742. The Morgan fingerprint density at radius 1 is 1.31 bits per heavy atom. The molecule has 0 atom stereocenters. The number of nitrogens with one attached hydrogen (secondary N) is 1. The van der Waals surface area contributed by atoms with Gasteiger partial charge in [0.15, 0.2) is 0 Å². The Bertz CT molecular complexity index is 305. The molecule has 1 nitrogen and oxygen atoms in total. The first-order chi connectivity index (χ1) is 7.84. The lowest BCUT2D eigenvalue weighted by molar-refractivity contribution is 0.471. The second-order valence-corrected chi connectivity index (χ2v) is 6.47. The van der Waals surface area contributed by atoms with Crippen molar-refractivity contribution in [2.75, 3.05) is 6.54 Å². The van der Waals surface area contributed by atoms with E-state index in [1.54, 1.807) is 11.3 Å². The molecule has 1 fully saturated rings. The van der Waals surface area contributed by atoms with Crippen LogP contribution < -0.4 is 5.32 Å². The van der Waals surface area contributed by atoms with Crippen LogP contribution in [0.2, 0.25) is 4.34 Å². The summed E-state index contributed by atoms with van der Waals surface area (Å²) in [6.07, 6.45) is 8.61. The second-order valence-electron chi connectivity index (χ2n) is 4.68. The van der Waals surface area contributed by atoms with Crippen molar-refractivity contribution in [2.24, 2.45) is 5.92 Å². The van der Waals surface area contributed by atoms with Gasteiger partial charge in [-0.3, -0.25) is 0 Å². The van der Waals surface area contributed by atoms with Crippen LogP contribution in [0.25, 0.3) is 0 Å². The van der Waals surface area contributed by atoms with Gasteiger partial charge in [0.1, 0.15) is 0 Å². The highest BCUT2D eigenvalue weighted by atomic mass is 35.5. The van der Waals surface area contributed by atoms with Crippen molar-refractivity contribution in [2.45, 2.75) is 45.1 Å². The predicted molar refractivity (Wildman–Crippen MR) is 72.2 cm³/mol. The van der Waals surface area contributed by atoms with E-state index in [9.17, 15) is 0 Å². The van der Waals surface area contributed by atoms with E-state index >= 15 is 0 Å². The highest BCUT2D eigenvalue weighted by Crippen LogP contribution is 2.28. The maximum atomic E-state index is 5.88. The first kappa shape index (κ1) is 12.4. The molecule has 0 aromatic carbocycles. The van der Waals surface area contributed by atoms with E-state index in [0.717, 1.165) is 23.3 Å². The molecule has 90 valence electrons. The zero-order valence-corrected chi connectivity index (χ0v) is 11.2. The Kier molecular flexibility index (Phi) is 5.14. The molecule has 3 heteroatoms. The minimum Gasteiger partial charge on any atom is -0.312 e. The number of hydrogen-bond acceptors (Lipinski definition) is 2. The van der Waals surface area contributed by atoms with Crippen LogP contribution in [0.4, 0.5) is 0 Å². The zero-order chi connectivity index (χ0) is 11.2. The zero-order valence-electron chi connectivity index (χ0n) is 9.68. The minimum absolute atomic E-state index is 0.891. The summed E-state index contributed by atoms with van der Waals surface area (Å²) in [7, 11) is 0. The molecule has 1 aliphatic carbocycles. The lowest BCUT2D eigenvalue weighted by Crippen LogP contribution is -2.14. The summed E-state index contributed by atoms with van der Waals surface area (Å²) in [4.78, 5) is 1.34. The lowest BCUT2D eigenvalue weighted by atomic mass is 10.0. The molecule has 0 saturated heterocycles. The van der Waals surface area contributed by atoms with Gasteiger partial charge in [0.25, 0.3) is 0 Å². The predicted octanol–water partition coefficient (Wildman–Crippen LogP) is 4.46. The van der Waals surface area contributed by atoms with E-state index in [1.807, 2.05) is 6.07 Å². The van der Waals surface area contributed by atoms with Crippen LogP contribution in [0.15, 0.2) is 12.1 Å². The van der Waals surface area contributed by atoms with Crippen molar-refractivity contribution >= 4 is 22.9 Å². The van der Waals surface area contributed by atoms with E-state index in [1.165, 1.54) is 43.4 Å². The number of hydrogen-bond donors (Lipinski definition) is 1. The van der Waals surface area contributed by atoms with Gasteiger partial charge in [0, 0.05) is 11.4 Å². The van der Waals surface area contributed by atoms with Gasteiger partial charge in [-0.05, 0) is 37.4 Å². The SMILES string of the molecule is Clc1ccc(CNCCCC2CCCC2)s1. The molecule has 0 radical (unpaired) electrons. The van der Waals surface area contributed by atoms with Gasteiger partial charge in [-0.1, -0.05) is 37.3 Å². The Labute approximate surface area is 107 Å². The molecular weight excluding hydrogens is 238 g/mol. The highest BCUT2D eigenvalue weighted by Gasteiger charge is 2.13. The molecular formula is C13H20ClNS. The Morgan fingerprint density at radius 3 is 2.81 bits per heavy atom. The summed E-state index contributed by atoms with van der Waals surface area (Å²) in [6, 6.07) is 4.08. The molecule has 1 aromatic rings. The molecule has 0 amide bonds. The number of rotatable bonds is 6. The summed E-state index contributed by atoms with van der Waals surface area (Å²) in [6.45, 7) is 2.12. The van der Waals surface area contributed by atoms with Crippen LogP contribution >= 0.6 is 22.9 Å². The largest absolute Gasteiger partial charge is 0.312 e. The van der Waals surface area contributed by atoms with Crippen LogP contribution in [0, 0.1) is 5.92 Å².